The van der Waals surface area contributed by atoms with Crippen molar-refractivity contribution in [3.8, 4) is 0 Å². The van der Waals surface area contributed by atoms with Gasteiger partial charge in [-0.2, -0.15) is 0 Å². The number of hydrogen-bond acceptors (Lipinski definition) is 4. The molecule has 1 N–H and O–H groups in total. The number of carbonyl (C=O) groups is 1. The Morgan fingerprint density at radius 3 is 1.64 bits per heavy atom. The van der Waals surface area contributed by atoms with Crippen LogP contribution < -0.4 is 0 Å². The molecule has 0 aromatic rings. The van der Waals surface area contributed by atoms with Crippen LogP contribution in [-0.4, -0.2) is 29.3 Å². The van der Waals surface area contributed by atoms with Gasteiger partial charge >= 0.3 is 5.97 Å². The molecule has 0 spiro atoms. The minimum atomic E-state index is -4.43. The number of rotatable bonds is 3. The van der Waals surface area contributed by atoms with Crippen molar-refractivity contribution >= 4 is 16.1 Å². The van der Waals surface area contributed by atoms with Gasteiger partial charge in [0, 0.05) is 0 Å². The highest BCUT2D eigenvalue weighted by atomic mass is 32.2. The highest BCUT2D eigenvalue weighted by Gasteiger charge is 2.13. The van der Waals surface area contributed by atoms with E-state index in [4.69, 9.17) is 5.11 Å². The molecule has 0 saturated carbocycles. The fraction of sp³-hybridized carbons (Fsp3) is 0.875. The average molecular weight is 227 g/mol. The average Bonchev–Trinajstić information content (AvgIpc) is 2.09. The summed E-state index contributed by atoms with van der Waals surface area (Å²) in [5, 5.41) is 6.70. The maximum absolute atomic E-state index is 10.0. The van der Waals surface area contributed by atoms with Crippen LogP contribution in [0.3, 0.4) is 0 Å². The Hall–Kier alpha value is -0.620. The smallest absolute Gasteiger partial charge is 0.304 e. The first-order valence-corrected chi connectivity index (χ1v) is 5.97. The molecule has 0 bridgehead atoms. The van der Waals surface area contributed by atoms with Gasteiger partial charge in [-0.25, -0.2) is 8.42 Å². The van der Waals surface area contributed by atoms with Crippen molar-refractivity contribution in [2.75, 3.05) is 0 Å². The Balaban J connectivity index is -0.000000266. The molecule has 1 atom stereocenters. The molecule has 0 aliphatic rings. The molecular formula is C8H19O5S-. The van der Waals surface area contributed by atoms with Gasteiger partial charge in [-0.05, 0) is 6.92 Å². The summed E-state index contributed by atoms with van der Waals surface area (Å²) in [6.07, 6.45) is -0.633. The van der Waals surface area contributed by atoms with Crippen LogP contribution in [-0.2, 0) is 14.9 Å². The second-order valence-corrected chi connectivity index (χ2v) is 3.69. The molecule has 88 valence electrons. The van der Waals surface area contributed by atoms with Crippen molar-refractivity contribution in [2.24, 2.45) is 0 Å². The summed E-state index contributed by atoms with van der Waals surface area (Å²) in [6.45, 7) is 9.07. The van der Waals surface area contributed by atoms with Crippen molar-refractivity contribution in [2.45, 2.75) is 46.3 Å². The molecule has 0 heterocycles. The first kappa shape index (κ1) is 19.0. The zero-order valence-electron chi connectivity index (χ0n) is 9.27. The zero-order chi connectivity index (χ0) is 12.4. The van der Waals surface area contributed by atoms with E-state index >= 15 is 0 Å². The molecule has 0 radical (unpaired) electrons. The van der Waals surface area contributed by atoms with Crippen LogP contribution in [0.4, 0.5) is 0 Å². The molecule has 0 rings (SSSR count). The number of carboxylic acid groups (broad SMARTS) is 1. The topological polar surface area (TPSA) is 94.5 Å². The molecule has 0 aliphatic carbocycles. The fourth-order valence-electron chi connectivity index (χ4n) is 0.348. The highest BCUT2D eigenvalue weighted by molar-refractivity contribution is 7.86. The lowest BCUT2D eigenvalue weighted by Crippen LogP contribution is -2.20. The maximum Gasteiger partial charge on any atom is 0.304 e. The fourth-order valence-corrected chi connectivity index (χ4v) is 0.695. The largest absolute Gasteiger partial charge is 0.748 e. The summed E-state index contributed by atoms with van der Waals surface area (Å²) in [4.78, 5) is 9.85. The van der Waals surface area contributed by atoms with Crippen molar-refractivity contribution < 1.29 is 22.9 Å². The highest BCUT2D eigenvalue weighted by Crippen LogP contribution is 2.01. The van der Waals surface area contributed by atoms with E-state index in [1.54, 1.807) is 0 Å². The van der Waals surface area contributed by atoms with Crippen molar-refractivity contribution in [1.29, 1.82) is 0 Å². The normalized spacial score (nSPS) is 11.3. The molecule has 5 nitrogen and oxygen atoms in total. The van der Waals surface area contributed by atoms with Crippen LogP contribution in [0.25, 0.3) is 0 Å². The van der Waals surface area contributed by atoms with Gasteiger partial charge in [-0.3, -0.25) is 4.79 Å². The summed E-state index contributed by atoms with van der Waals surface area (Å²) in [6, 6.07) is 0. The summed E-state index contributed by atoms with van der Waals surface area (Å²) in [5.41, 5.74) is 0. The van der Waals surface area contributed by atoms with E-state index in [2.05, 4.69) is 0 Å². The lowest BCUT2D eigenvalue weighted by atomic mass is 10.3. The molecule has 0 fully saturated rings. The molecule has 0 aromatic carbocycles. The van der Waals surface area contributed by atoms with Gasteiger partial charge < -0.3 is 9.66 Å². The Labute approximate surface area is 85.9 Å². The minimum Gasteiger partial charge on any atom is -0.748 e. The first-order valence-electron chi connectivity index (χ1n) is 4.50. The molecule has 0 aliphatic heterocycles. The van der Waals surface area contributed by atoms with Gasteiger partial charge in [0.25, 0.3) is 0 Å². The lowest BCUT2D eigenvalue weighted by molar-refractivity contribution is -0.137. The van der Waals surface area contributed by atoms with Gasteiger partial charge in [0.2, 0.25) is 0 Å². The second kappa shape index (κ2) is 10.5. The Kier molecular flexibility index (Phi) is 14.2. The van der Waals surface area contributed by atoms with E-state index in [0.29, 0.717) is 0 Å². The third-order valence-corrected chi connectivity index (χ3v) is 2.11. The maximum atomic E-state index is 10.0. The predicted octanol–water partition coefficient (Wildman–Crippen LogP) is 1.45. The van der Waals surface area contributed by atoms with Crippen LogP contribution in [0.2, 0.25) is 0 Å². The molecule has 0 saturated heterocycles. The van der Waals surface area contributed by atoms with Gasteiger partial charge in [0.05, 0.1) is 21.8 Å². The molecule has 0 amide bonds. The summed E-state index contributed by atoms with van der Waals surface area (Å²) < 4.78 is 30.1. The first-order chi connectivity index (χ1) is 6.34. The monoisotopic (exact) mass is 227 g/mol. The second-order valence-electron chi connectivity index (χ2n) is 1.90. The zero-order valence-corrected chi connectivity index (χ0v) is 10.1. The number of aliphatic carboxylic acids is 1. The summed E-state index contributed by atoms with van der Waals surface area (Å²) in [7, 11) is -4.43. The molecule has 0 aromatic heterocycles. The molecule has 14 heavy (non-hydrogen) atoms. The quantitative estimate of drug-likeness (QED) is 0.736. The third kappa shape index (κ3) is 13.9. The predicted molar refractivity (Wildman–Crippen MR) is 54.1 cm³/mol. The SMILES string of the molecule is CC.CC.CC(CC(=O)O)S(=O)(=O)[O-]. The van der Waals surface area contributed by atoms with E-state index in [1.807, 2.05) is 27.7 Å². The van der Waals surface area contributed by atoms with E-state index in [1.165, 1.54) is 0 Å². The third-order valence-electron chi connectivity index (χ3n) is 0.955. The summed E-state index contributed by atoms with van der Waals surface area (Å²) in [5.74, 6) is -1.29. The molecule has 1 unspecified atom stereocenters. The van der Waals surface area contributed by atoms with E-state index < -0.39 is 27.8 Å². The molecule has 6 heteroatoms. The van der Waals surface area contributed by atoms with Crippen LogP contribution in [0, 0.1) is 0 Å². The van der Waals surface area contributed by atoms with Crippen LogP contribution in [0.15, 0.2) is 0 Å². The van der Waals surface area contributed by atoms with E-state index in [9.17, 15) is 17.8 Å². The lowest BCUT2D eigenvalue weighted by Gasteiger charge is -2.12. The Morgan fingerprint density at radius 1 is 1.29 bits per heavy atom. The van der Waals surface area contributed by atoms with Gasteiger partial charge in [-0.15, -0.1) is 0 Å². The van der Waals surface area contributed by atoms with E-state index in [0.717, 1.165) is 6.92 Å². The number of hydrogen-bond donors (Lipinski definition) is 1. The number of carboxylic acids is 1. The Morgan fingerprint density at radius 2 is 1.57 bits per heavy atom. The molecular weight excluding hydrogens is 208 g/mol. The van der Waals surface area contributed by atoms with Crippen molar-refractivity contribution in [3.63, 3.8) is 0 Å². The Bertz CT molecular complexity index is 220. The summed E-state index contributed by atoms with van der Waals surface area (Å²) >= 11 is 0. The van der Waals surface area contributed by atoms with Crippen LogP contribution in [0.5, 0.6) is 0 Å². The van der Waals surface area contributed by atoms with Crippen LogP contribution >= 0.6 is 0 Å². The minimum absolute atomic E-state index is 0.633. The van der Waals surface area contributed by atoms with E-state index in [-0.39, 0.29) is 0 Å². The van der Waals surface area contributed by atoms with Gasteiger partial charge in [0.1, 0.15) is 0 Å². The van der Waals surface area contributed by atoms with Crippen LogP contribution in [0.1, 0.15) is 41.0 Å². The van der Waals surface area contributed by atoms with Crippen molar-refractivity contribution in [1.82, 2.24) is 0 Å². The van der Waals surface area contributed by atoms with Gasteiger partial charge in [0.15, 0.2) is 0 Å². The van der Waals surface area contributed by atoms with Crippen molar-refractivity contribution in [3.05, 3.63) is 0 Å². The standard InChI is InChI=1S/C4H8O5S.2C2H6/c1-3(2-4(5)6)10(7,8)9;2*1-2/h3H,2H2,1H3,(H,5,6)(H,7,8,9);2*1-2H3/p-1. The van der Waals surface area contributed by atoms with Gasteiger partial charge in [-0.1, -0.05) is 27.7 Å².